The average molecular weight is 391 g/mol. The number of hydrogen-bond donors (Lipinski definition) is 0. The molecule has 1 aromatic carbocycles. The summed E-state index contributed by atoms with van der Waals surface area (Å²) in [6.07, 6.45) is 16.3. The van der Waals surface area contributed by atoms with Crippen molar-refractivity contribution in [3.05, 3.63) is 29.8 Å². The third-order valence-corrected chi connectivity index (χ3v) is 10.2. The van der Waals surface area contributed by atoms with Crippen molar-refractivity contribution in [2.45, 2.75) is 123 Å². The molecule has 0 unspecified atom stereocenters. The predicted molar refractivity (Wildman–Crippen MR) is 124 cm³/mol. The second-order valence-electron chi connectivity index (χ2n) is 8.53. The third kappa shape index (κ3) is 11.0. The lowest BCUT2D eigenvalue weighted by Gasteiger charge is -2.33. The lowest BCUT2D eigenvalue weighted by molar-refractivity contribution is 0.502. The highest BCUT2D eigenvalue weighted by molar-refractivity contribution is 6.74. The van der Waals surface area contributed by atoms with E-state index in [4.69, 9.17) is 4.43 Å². The molecule has 0 bridgehead atoms. The Labute approximate surface area is 171 Å². The standard InChI is InChI=1S/C25H46OSi/c1-5-8-11-14-20-27(21-15-12-9-6-2,22-16-13-10-7-3)26-25-19-17-18-24(4)23-25/h17-19,23H,5-16,20-22H2,1-4H3. The summed E-state index contributed by atoms with van der Waals surface area (Å²) in [7, 11) is -1.71. The number of rotatable bonds is 17. The zero-order valence-electron chi connectivity index (χ0n) is 18.8. The molecule has 0 atom stereocenters. The van der Waals surface area contributed by atoms with Crippen molar-refractivity contribution in [3.8, 4) is 5.75 Å². The van der Waals surface area contributed by atoms with E-state index in [1.807, 2.05) is 0 Å². The quantitative estimate of drug-likeness (QED) is 0.190. The van der Waals surface area contributed by atoms with Gasteiger partial charge in [0.2, 0.25) is 0 Å². The second-order valence-corrected chi connectivity index (χ2v) is 12.6. The Morgan fingerprint density at radius 1 is 0.667 bits per heavy atom. The fourth-order valence-corrected chi connectivity index (χ4v) is 8.44. The second kappa shape index (κ2) is 15.2. The maximum absolute atomic E-state index is 6.96. The van der Waals surface area contributed by atoms with Crippen LogP contribution in [0.2, 0.25) is 18.1 Å². The van der Waals surface area contributed by atoms with Crippen LogP contribution in [0, 0.1) is 6.92 Å². The minimum absolute atomic E-state index is 1.14. The molecule has 0 aliphatic rings. The monoisotopic (exact) mass is 390 g/mol. The van der Waals surface area contributed by atoms with Gasteiger partial charge in [0, 0.05) is 0 Å². The number of hydrogen-bond acceptors (Lipinski definition) is 1. The van der Waals surface area contributed by atoms with Crippen LogP contribution in [0.5, 0.6) is 5.75 Å². The molecule has 2 heteroatoms. The molecule has 1 aromatic rings. The maximum atomic E-state index is 6.96. The van der Waals surface area contributed by atoms with Crippen molar-refractivity contribution >= 4 is 8.32 Å². The molecule has 0 saturated heterocycles. The Morgan fingerprint density at radius 3 is 1.56 bits per heavy atom. The van der Waals surface area contributed by atoms with E-state index in [2.05, 4.69) is 52.0 Å². The fourth-order valence-electron chi connectivity index (χ4n) is 4.08. The van der Waals surface area contributed by atoms with Crippen LogP contribution < -0.4 is 4.43 Å². The van der Waals surface area contributed by atoms with Gasteiger partial charge in [-0.05, 0) is 42.8 Å². The summed E-state index contributed by atoms with van der Waals surface area (Å²) in [6, 6.07) is 12.9. The topological polar surface area (TPSA) is 9.23 Å². The highest BCUT2D eigenvalue weighted by atomic mass is 28.4. The molecule has 0 aliphatic carbocycles. The highest BCUT2D eigenvalue weighted by Crippen LogP contribution is 2.32. The molecular formula is C25H46OSi. The van der Waals surface area contributed by atoms with Crippen molar-refractivity contribution in [1.29, 1.82) is 0 Å². The Morgan fingerprint density at radius 2 is 1.15 bits per heavy atom. The van der Waals surface area contributed by atoms with E-state index in [0.717, 1.165) is 5.75 Å². The van der Waals surface area contributed by atoms with E-state index in [1.165, 1.54) is 101 Å². The normalized spacial score (nSPS) is 11.7. The van der Waals surface area contributed by atoms with Gasteiger partial charge in [-0.15, -0.1) is 0 Å². The summed E-state index contributed by atoms with van der Waals surface area (Å²) in [6.45, 7) is 9.11. The van der Waals surface area contributed by atoms with Crippen molar-refractivity contribution < 1.29 is 4.43 Å². The summed E-state index contributed by atoms with van der Waals surface area (Å²) in [5.41, 5.74) is 1.32. The van der Waals surface area contributed by atoms with Crippen molar-refractivity contribution in [2.75, 3.05) is 0 Å². The van der Waals surface area contributed by atoms with E-state index in [-0.39, 0.29) is 0 Å². The Bertz CT molecular complexity index is 440. The van der Waals surface area contributed by atoms with E-state index < -0.39 is 8.32 Å². The lowest BCUT2D eigenvalue weighted by Crippen LogP contribution is -2.41. The van der Waals surface area contributed by atoms with Gasteiger partial charge in [0.15, 0.2) is 0 Å². The first-order valence-corrected chi connectivity index (χ1v) is 14.4. The first-order valence-electron chi connectivity index (χ1n) is 11.9. The van der Waals surface area contributed by atoms with Gasteiger partial charge >= 0.3 is 0 Å². The summed E-state index contributed by atoms with van der Waals surface area (Å²) in [5.74, 6) is 1.14. The Hall–Kier alpha value is -0.763. The fraction of sp³-hybridized carbons (Fsp3) is 0.760. The Kier molecular flexibility index (Phi) is 13.7. The van der Waals surface area contributed by atoms with Gasteiger partial charge in [0.05, 0.1) is 0 Å². The molecule has 0 N–H and O–H groups in total. The van der Waals surface area contributed by atoms with Crippen LogP contribution in [0.15, 0.2) is 24.3 Å². The van der Waals surface area contributed by atoms with Crippen molar-refractivity contribution in [1.82, 2.24) is 0 Å². The van der Waals surface area contributed by atoms with Crippen LogP contribution >= 0.6 is 0 Å². The van der Waals surface area contributed by atoms with E-state index in [1.54, 1.807) is 0 Å². The molecule has 0 spiro atoms. The van der Waals surface area contributed by atoms with Gasteiger partial charge < -0.3 is 4.43 Å². The van der Waals surface area contributed by atoms with Gasteiger partial charge in [-0.25, -0.2) is 0 Å². The van der Waals surface area contributed by atoms with Gasteiger partial charge in [-0.1, -0.05) is 110 Å². The molecule has 0 aromatic heterocycles. The van der Waals surface area contributed by atoms with Gasteiger partial charge in [0.1, 0.15) is 5.75 Å². The van der Waals surface area contributed by atoms with E-state index >= 15 is 0 Å². The molecule has 0 heterocycles. The summed E-state index contributed by atoms with van der Waals surface area (Å²) < 4.78 is 6.96. The lowest BCUT2D eigenvalue weighted by atomic mass is 10.2. The minimum atomic E-state index is -1.71. The van der Waals surface area contributed by atoms with Crippen LogP contribution in [0.25, 0.3) is 0 Å². The third-order valence-electron chi connectivity index (χ3n) is 5.78. The molecule has 1 rings (SSSR count). The first kappa shape index (κ1) is 24.3. The summed E-state index contributed by atoms with van der Waals surface area (Å²) in [4.78, 5) is 0. The highest BCUT2D eigenvalue weighted by Gasteiger charge is 2.35. The smallest absolute Gasteiger partial charge is 0.251 e. The van der Waals surface area contributed by atoms with Crippen LogP contribution in [-0.4, -0.2) is 8.32 Å². The largest absolute Gasteiger partial charge is 0.543 e. The zero-order valence-corrected chi connectivity index (χ0v) is 19.8. The van der Waals surface area contributed by atoms with Crippen LogP contribution in [-0.2, 0) is 0 Å². The molecule has 27 heavy (non-hydrogen) atoms. The van der Waals surface area contributed by atoms with Gasteiger partial charge in [0.25, 0.3) is 8.32 Å². The van der Waals surface area contributed by atoms with E-state index in [9.17, 15) is 0 Å². The van der Waals surface area contributed by atoms with Gasteiger partial charge in [-0.3, -0.25) is 0 Å². The molecule has 0 amide bonds. The Balaban J connectivity index is 2.84. The SMILES string of the molecule is CCCCCC[Si](CCCCCC)(CCCCCC)Oc1cccc(C)c1. The molecule has 0 aliphatic heterocycles. The van der Waals surface area contributed by atoms with Crippen molar-refractivity contribution in [3.63, 3.8) is 0 Å². The van der Waals surface area contributed by atoms with Crippen LogP contribution in [0.3, 0.4) is 0 Å². The average Bonchev–Trinajstić information content (AvgIpc) is 2.66. The number of unbranched alkanes of at least 4 members (excludes halogenated alkanes) is 9. The zero-order chi connectivity index (χ0) is 19.8. The predicted octanol–water partition coefficient (Wildman–Crippen LogP) is 9.06. The molecule has 0 radical (unpaired) electrons. The minimum Gasteiger partial charge on any atom is -0.543 e. The molecular weight excluding hydrogens is 344 g/mol. The van der Waals surface area contributed by atoms with Gasteiger partial charge in [-0.2, -0.15) is 0 Å². The number of aryl methyl sites for hydroxylation is 1. The molecule has 156 valence electrons. The molecule has 1 nitrogen and oxygen atoms in total. The number of benzene rings is 1. The molecule has 0 fully saturated rings. The van der Waals surface area contributed by atoms with E-state index in [0.29, 0.717) is 0 Å². The summed E-state index contributed by atoms with van der Waals surface area (Å²) >= 11 is 0. The van der Waals surface area contributed by atoms with Crippen molar-refractivity contribution in [2.24, 2.45) is 0 Å². The summed E-state index contributed by atoms with van der Waals surface area (Å²) in [5, 5.41) is 0. The van der Waals surface area contributed by atoms with Crippen LogP contribution in [0.4, 0.5) is 0 Å². The van der Waals surface area contributed by atoms with Crippen LogP contribution in [0.1, 0.15) is 103 Å². The first-order chi connectivity index (χ1) is 13.2. The maximum Gasteiger partial charge on any atom is 0.251 e. The molecule has 0 saturated carbocycles.